The number of hydrogen-bond acceptors (Lipinski definition) is 3. The molecule has 1 aromatic heterocycles. The molecule has 1 N–H and O–H groups in total. The zero-order chi connectivity index (χ0) is 20.5. The molecule has 0 saturated heterocycles. The van der Waals surface area contributed by atoms with Crippen LogP contribution in [0.1, 0.15) is 11.3 Å². The summed E-state index contributed by atoms with van der Waals surface area (Å²) >= 11 is 5.75. The van der Waals surface area contributed by atoms with Gasteiger partial charge in [0, 0.05) is 10.7 Å². The Labute approximate surface area is 161 Å². The first-order chi connectivity index (χ1) is 13.1. The monoisotopic (exact) mass is 413 g/mol. The number of carbonyl (C=O) groups is 1. The number of halogens is 5. The van der Waals surface area contributed by atoms with Crippen molar-refractivity contribution >= 4 is 23.4 Å². The summed E-state index contributed by atoms with van der Waals surface area (Å²) in [6, 6.07) is 9.10. The molecule has 0 aliphatic heterocycles. The molecule has 2 aromatic carbocycles. The fourth-order valence-corrected chi connectivity index (χ4v) is 2.54. The van der Waals surface area contributed by atoms with E-state index >= 15 is 0 Å². The van der Waals surface area contributed by atoms with Gasteiger partial charge in [-0.3, -0.25) is 5.32 Å². The minimum Gasteiger partial charge on any atom is -0.406 e. The number of nitrogens with one attached hydrogen (secondary N) is 1. The van der Waals surface area contributed by atoms with E-state index in [-0.39, 0.29) is 11.4 Å². The largest absolute Gasteiger partial charge is 0.437 e. The van der Waals surface area contributed by atoms with E-state index in [1.54, 1.807) is 6.92 Å². The second kappa shape index (κ2) is 7.51. The maximum absolute atomic E-state index is 13.6. The summed E-state index contributed by atoms with van der Waals surface area (Å²) in [5.41, 5.74) is -0.621. The molecule has 0 spiro atoms. The molecule has 0 atom stereocenters. The van der Waals surface area contributed by atoms with Crippen LogP contribution in [0.15, 0.2) is 48.7 Å². The van der Waals surface area contributed by atoms with Crippen molar-refractivity contribution in [3.8, 4) is 11.4 Å². The number of aryl methyl sites for hydroxylation is 1. The SMILES string of the molecule is Cc1ccc(F)cc1NC(=O)Oc1cnn(-c2ccc(Cl)cc2)c1C(F)(F)F. The lowest BCUT2D eigenvalue weighted by Gasteiger charge is -2.13. The van der Waals surface area contributed by atoms with Crippen molar-refractivity contribution < 1.29 is 27.1 Å². The number of nitrogens with zero attached hydrogens (tertiary/aromatic N) is 2. The second-order valence-corrected chi connectivity index (χ2v) is 6.15. The van der Waals surface area contributed by atoms with Crippen LogP contribution in [0.2, 0.25) is 5.02 Å². The average molecular weight is 414 g/mol. The van der Waals surface area contributed by atoms with Crippen LogP contribution in [-0.2, 0) is 6.18 Å². The topological polar surface area (TPSA) is 56.1 Å². The molecule has 3 rings (SSSR count). The smallest absolute Gasteiger partial charge is 0.406 e. The fraction of sp³-hybridized carbons (Fsp3) is 0.111. The molecule has 0 unspecified atom stereocenters. The Kier molecular flexibility index (Phi) is 5.28. The highest BCUT2D eigenvalue weighted by Gasteiger charge is 2.40. The Morgan fingerprint density at radius 3 is 2.50 bits per heavy atom. The predicted molar refractivity (Wildman–Crippen MR) is 94.4 cm³/mol. The predicted octanol–water partition coefficient (Wildman–Crippen LogP) is 5.60. The van der Waals surface area contributed by atoms with E-state index in [2.05, 4.69) is 10.4 Å². The molecule has 0 bridgehead atoms. The lowest BCUT2D eigenvalue weighted by Crippen LogP contribution is -2.20. The molecular weight excluding hydrogens is 402 g/mol. The zero-order valence-corrected chi connectivity index (χ0v) is 15.0. The van der Waals surface area contributed by atoms with Gasteiger partial charge in [0.15, 0.2) is 11.4 Å². The summed E-state index contributed by atoms with van der Waals surface area (Å²) in [6.07, 6.45) is -5.30. The molecule has 1 amide bonds. The van der Waals surface area contributed by atoms with Gasteiger partial charge in [-0.2, -0.15) is 18.3 Å². The highest BCUT2D eigenvalue weighted by atomic mass is 35.5. The van der Waals surface area contributed by atoms with Crippen molar-refractivity contribution in [1.82, 2.24) is 9.78 Å². The van der Waals surface area contributed by atoms with Gasteiger partial charge in [-0.15, -0.1) is 0 Å². The van der Waals surface area contributed by atoms with Gasteiger partial charge in [0.2, 0.25) is 0 Å². The van der Waals surface area contributed by atoms with E-state index in [1.807, 2.05) is 0 Å². The van der Waals surface area contributed by atoms with Crippen molar-refractivity contribution in [2.24, 2.45) is 0 Å². The van der Waals surface area contributed by atoms with E-state index in [1.165, 1.54) is 36.4 Å². The summed E-state index contributed by atoms with van der Waals surface area (Å²) in [7, 11) is 0. The van der Waals surface area contributed by atoms with Gasteiger partial charge in [0.1, 0.15) is 5.82 Å². The molecule has 0 saturated carbocycles. The van der Waals surface area contributed by atoms with E-state index in [9.17, 15) is 22.4 Å². The maximum atomic E-state index is 13.6. The second-order valence-electron chi connectivity index (χ2n) is 5.72. The van der Waals surface area contributed by atoms with Crippen molar-refractivity contribution in [1.29, 1.82) is 0 Å². The molecule has 28 heavy (non-hydrogen) atoms. The number of hydrogen-bond donors (Lipinski definition) is 1. The fourth-order valence-electron chi connectivity index (χ4n) is 2.41. The zero-order valence-electron chi connectivity index (χ0n) is 14.2. The molecule has 1 heterocycles. The molecule has 0 fully saturated rings. The molecule has 0 radical (unpaired) electrons. The number of anilines is 1. The van der Waals surface area contributed by atoms with Crippen LogP contribution in [0.25, 0.3) is 5.69 Å². The van der Waals surface area contributed by atoms with Gasteiger partial charge in [-0.1, -0.05) is 17.7 Å². The van der Waals surface area contributed by atoms with Crippen molar-refractivity contribution in [2.75, 3.05) is 5.32 Å². The third kappa shape index (κ3) is 4.25. The third-order valence-electron chi connectivity index (χ3n) is 3.71. The molecular formula is C18H12ClF4N3O2. The lowest BCUT2D eigenvalue weighted by molar-refractivity contribution is -0.143. The molecule has 3 aromatic rings. The molecule has 146 valence electrons. The van der Waals surface area contributed by atoms with E-state index in [0.717, 1.165) is 12.3 Å². The number of benzene rings is 2. The van der Waals surface area contributed by atoms with Gasteiger partial charge in [0.25, 0.3) is 0 Å². The number of ether oxygens (including phenoxy) is 1. The van der Waals surface area contributed by atoms with E-state index in [0.29, 0.717) is 15.3 Å². The van der Waals surface area contributed by atoms with Gasteiger partial charge in [-0.25, -0.2) is 13.9 Å². The van der Waals surface area contributed by atoms with Crippen molar-refractivity contribution in [2.45, 2.75) is 13.1 Å². The Bertz CT molecular complexity index is 1020. The lowest BCUT2D eigenvalue weighted by atomic mass is 10.2. The van der Waals surface area contributed by atoms with Gasteiger partial charge >= 0.3 is 12.3 Å². The first-order valence-electron chi connectivity index (χ1n) is 7.81. The third-order valence-corrected chi connectivity index (χ3v) is 3.97. The van der Waals surface area contributed by atoms with Crippen LogP contribution < -0.4 is 10.1 Å². The first kappa shape index (κ1) is 19.7. The van der Waals surface area contributed by atoms with E-state index in [4.69, 9.17) is 16.3 Å². The number of aromatic nitrogens is 2. The summed E-state index contributed by atoms with van der Waals surface area (Å²) in [5.74, 6) is -1.42. The van der Waals surface area contributed by atoms with Crippen LogP contribution in [0, 0.1) is 12.7 Å². The summed E-state index contributed by atoms with van der Waals surface area (Å²) in [6.45, 7) is 1.59. The standard InChI is InChI=1S/C18H12ClF4N3O2/c1-10-2-5-12(20)8-14(10)25-17(27)28-15-9-24-26(16(15)18(21,22)23)13-6-3-11(19)4-7-13/h2-9H,1H3,(H,25,27). The Morgan fingerprint density at radius 2 is 1.86 bits per heavy atom. The van der Waals surface area contributed by atoms with Crippen LogP contribution in [-0.4, -0.2) is 15.9 Å². The highest BCUT2D eigenvalue weighted by Crippen LogP contribution is 2.38. The van der Waals surface area contributed by atoms with Gasteiger partial charge in [-0.05, 0) is 48.9 Å². The van der Waals surface area contributed by atoms with E-state index < -0.39 is 29.5 Å². The van der Waals surface area contributed by atoms with Crippen LogP contribution in [0.3, 0.4) is 0 Å². The van der Waals surface area contributed by atoms with Crippen LogP contribution in [0.5, 0.6) is 5.75 Å². The minimum atomic E-state index is -4.86. The first-order valence-corrected chi connectivity index (χ1v) is 8.19. The summed E-state index contributed by atoms with van der Waals surface area (Å²) in [4.78, 5) is 12.0. The van der Waals surface area contributed by atoms with Crippen LogP contribution >= 0.6 is 11.6 Å². The minimum absolute atomic E-state index is 0.0728. The molecule has 0 aliphatic rings. The van der Waals surface area contributed by atoms with Crippen molar-refractivity contribution in [3.63, 3.8) is 0 Å². The van der Waals surface area contributed by atoms with Crippen molar-refractivity contribution in [3.05, 3.63) is 70.8 Å². The highest BCUT2D eigenvalue weighted by molar-refractivity contribution is 6.30. The Balaban J connectivity index is 1.90. The number of amides is 1. The molecule has 0 aliphatic carbocycles. The number of alkyl halides is 3. The number of rotatable bonds is 3. The van der Waals surface area contributed by atoms with Gasteiger partial charge < -0.3 is 4.74 Å². The average Bonchev–Trinajstić information content (AvgIpc) is 3.02. The normalized spacial score (nSPS) is 11.4. The van der Waals surface area contributed by atoms with Crippen LogP contribution in [0.4, 0.5) is 28.0 Å². The summed E-state index contributed by atoms with van der Waals surface area (Å²) < 4.78 is 59.3. The summed E-state index contributed by atoms with van der Waals surface area (Å²) in [5, 5.41) is 6.21. The molecule has 5 nitrogen and oxygen atoms in total. The number of carbonyl (C=O) groups excluding carboxylic acids is 1. The Hall–Kier alpha value is -3.07. The van der Waals surface area contributed by atoms with Gasteiger partial charge in [0.05, 0.1) is 11.9 Å². The maximum Gasteiger partial charge on any atom is 0.437 e. The Morgan fingerprint density at radius 1 is 1.18 bits per heavy atom. The molecule has 10 heteroatoms. The quantitative estimate of drug-likeness (QED) is 0.568.